The van der Waals surface area contributed by atoms with E-state index in [-0.39, 0.29) is 38.9 Å². The van der Waals surface area contributed by atoms with E-state index in [2.05, 4.69) is 24.8 Å². The number of pyridine rings is 1. The molecule has 1 aromatic carbocycles. The molecule has 0 bridgehead atoms. The van der Waals surface area contributed by atoms with Crippen LogP contribution in [0.4, 0.5) is 24.7 Å². The van der Waals surface area contributed by atoms with Gasteiger partial charge in [0.25, 0.3) is 5.69 Å². The zero-order chi connectivity index (χ0) is 25.0. The molecule has 0 spiro atoms. The average Bonchev–Trinajstić information content (AvgIpc) is 3.09. The minimum absolute atomic E-state index is 0.0930. The smallest absolute Gasteiger partial charge is 0.539 e. The van der Waals surface area contributed by atoms with E-state index in [0.29, 0.717) is 11.8 Å². The van der Waals surface area contributed by atoms with Gasteiger partial charge in [0.1, 0.15) is 28.5 Å². The quantitative estimate of drug-likeness (QED) is 0.380. The number of rotatable bonds is 6. The second kappa shape index (κ2) is 9.55. The molecule has 3 N–H and O–H groups in total. The van der Waals surface area contributed by atoms with Crippen molar-refractivity contribution < 1.29 is 37.0 Å². The van der Waals surface area contributed by atoms with Crippen LogP contribution in [0.5, 0.6) is 11.7 Å². The third kappa shape index (κ3) is 5.11. The standard InChI is InChI=1S/C19H12F3N7O4S/c1-29-15(18(31)33-28-29)14-9(6-23)16(25)27-17(10(14)7-24)34-8-13(30)26-11-4-2-3-5-12(11)32-19(20,21)22/h2-5H,8H2,1H3,(H3-,25,26,27,28,30,31). The van der Waals surface area contributed by atoms with E-state index in [1.807, 2.05) is 6.07 Å². The fraction of sp³-hybridized carbons (Fsp3) is 0.158. The molecule has 0 fully saturated rings. The molecule has 174 valence electrons. The Hall–Kier alpha value is -4.50. The summed E-state index contributed by atoms with van der Waals surface area (Å²) in [4.78, 5) is 16.4. The number of alkyl halides is 3. The van der Waals surface area contributed by atoms with E-state index < -0.39 is 29.7 Å². The number of aromatic nitrogens is 3. The van der Waals surface area contributed by atoms with Crippen molar-refractivity contribution in [2.45, 2.75) is 11.4 Å². The van der Waals surface area contributed by atoms with Crippen molar-refractivity contribution in [1.82, 2.24) is 10.3 Å². The van der Waals surface area contributed by atoms with Crippen molar-refractivity contribution in [3.8, 4) is 35.1 Å². The number of hydrogen-bond donors (Lipinski definition) is 2. The highest BCUT2D eigenvalue weighted by Crippen LogP contribution is 2.37. The third-order valence-corrected chi connectivity index (χ3v) is 5.12. The predicted molar refractivity (Wildman–Crippen MR) is 107 cm³/mol. The number of halogens is 3. The fourth-order valence-electron chi connectivity index (χ4n) is 2.82. The first kappa shape index (κ1) is 24.1. The highest BCUT2D eigenvalue weighted by molar-refractivity contribution is 8.00. The number of thioether (sulfide) groups is 1. The van der Waals surface area contributed by atoms with Crippen LogP contribution in [-0.2, 0) is 11.8 Å². The fourth-order valence-corrected chi connectivity index (χ4v) is 3.62. The Morgan fingerprint density at radius 1 is 1.32 bits per heavy atom. The molecule has 0 aliphatic carbocycles. The molecule has 0 unspecified atom stereocenters. The monoisotopic (exact) mass is 491 g/mol. The summed E-state index contributed by atoms with van der Waals surface area (Å²) in [6.07, 6.45) is -4.96. The first-order chi connectivity index (χ1) is 16.1. The molecule has 2 heterocycles. The first-order valence-electron chi connectivity index (χ1n) is 9.00. The number of hydrogen-bond acceptors (Lipinski definition) is 10. The van der Waals surface area contributed by atoms with Crippen LogP contribution in [0.15, 0.2) is 33.8 Å². The average molecular weight is 491 g/mol. The zero-order valence-electron chi connectivity index (χ0n) is 17.0. The lowest BCUT2D eigenvalue weighted by Gasteiger charge is -2.14. The van der Waals surface area contributed by atoms with Crippen LogP contribution in [0.25, 0.3) is 11.3 Å². The Balaban J connectivity index is 1.90. The Kier molecular flexibility index (Phi) is 6.78. The summed E-state index contributed by atoms with van der Waals surface area (Å²) in [5, 5.41) is 36.9. The topological polar surface area (TPSA) is 178 Å². The number of benzene rings is 1. The highest BCUT2D eigenvalue weighted by Gasteiger charge is 2.32. The molecule has 0 saturated carbocycles. The number of carbonyl (C=O) groups is 1. The van der Waals surface area contributed by atoms with Crippen molar-refractivity contribution >= 4 is 29.2 Å². The van der Waals surface area contributed by atoms with Gasteiger partial charge in [0.2, 0.25) is 5.91 Å². The molecule has 0 atom stereocenters. The summed E-state index contributed by atoms with van der Waals surface area (Å²) in [6.45, 7) is 0. The Morgan fingerprint density at radius 2 is 2.00 bits per heavy atom. The first-order valence-corrected chi connectivity index (χ1v) is 9.98. The summed E-state index contributed by atoms with van der Waals surface area (Å²) < 4.78 is 47.2. The van der Waals surface area contributed by atoms with Crippen molar-refractivity contribution in [3.63, 3.8) is 0 Å². The number of ether oxygens (including phenoxy) is 1. The number of nitrogen functional groups attached to an aromatic ring is 1. The van der Waals surface area contributed by atoms with Crippen molar-refractivity contribution in [2.24, 2.45) is 7.05 Å². The zero-order valence-corrected chi connectivity index (χ0v) is 17.8. The number of para-hydroxylation sites is 2. The lowest BCUT2D eigenvalue weighted by atomic mass is 10.0. The van der Waals surface area contributed by atoms with Gasteiger partial charge in [-0.3, -0.25) is 4.79 Å². The summed E-state index contributed by atoms with van der Waals surface area (Å²) >= 11 is 0.714. The number of nitrogens with two attached hydrogens (primary N) is 1. The Bertz CT molecular complexity index is 1330. The lowest BCUT2D eigenvalue weighted by Crippen LogP contribution is -2.32. The van der Waals surface area contributed by atoms with Gasteiger partial charge in [0.15, 0.2) is 18.7 Å². The number of nitrogens with one attached hydrogen (secondary N) is 1. The normalized spacial score (nSPS) is 10.9. The van der Waals surface area contributed by atoms with Crippen LogP contribution in [-0.4, -0.2) is 28.3 Å². The number of anilines is 2. The maximum atomic E-state index is 12.6. The molecule has 3 aromatic rings. The van der Waals surface area contributed by atoms with Crippen LogP contribution in [0.1, 0.15) is 11.1 Å². The number of aryl methyl sites for hydroxylation is 1. The molecule has 0 aliphatic heterocycles. The summed E-state index contributed by atoms with van der Waals surface area (Å²) in [7, 11) is 1.35. The van der Waals surface area contributed by atoms with Gasteiger partial charge in [-0.05, 0) is 12.1 Å². The molecule has 0 aliphatic rings. The van der Waals surface area contributed by atoms with Gasteiger partial charge in [-0.25, -0.2) is 4.98 Å². The maximum Gasteiger partial charge on any atom is 0.573 e. The Labute approximate surface area is 193 Å². The van der Waals surface area contributed by atoms with Crippen molar-refractivity contribution in [2.75, 3.05) is 16.8 Å². The van der Waals surface area contributed by atoms with Crippen molar-refractivity contribution in [3.05, 3.63) is 35.4 Å². The molecule has 15 heteroatoms. The van der Waals surface area contributed by atoms with Gasteiger partial charge in [0.05, 0.1) is 27.8 Å². The summed E-state index contributed by atoms with van der Waals surface area (Å²) in [5.41, 5.74) is 4.70. The van der Waals surface area contributed by atoms with Crippen LogP contribution >= 0.6 is 11.8 Å². The van der Waals surface area contributed by atoms with Gasteiger partial charge in [-0.1, -0.05) is 28.6 Å². The van der Waals surface area contributed by atoms with E-state index in [1.54, 1.807) is 6.07 Å². The molecule has 2 aromatic heterocycles. The van der Waals surface area contributed by atoms with Crippen molar-refractivity contribution in [1.29, 1.82) is 10.5 Å². The van der Waals surface area contributed by atoms with Gasteiger partial charge in [-0.15, -0.1) is 13.2 Å². The molecule has 11 nitrogen and oxygen atoms in total. The maximum absolute atomic E-state index is 12.6. The third-order valence-electron chi connectivity index (χ3n) is 4.14. The lowest BCUT2D eigenvalue weighted by molar-refractivity contribution is -0.730. The van der Waals surface area contributed by atoms with Crippen LogP contribution < -0.4 is 25.6 Å². The molecule has 3 rings (SSSR count). The van der Waals surface area contributed by atoms with E-state index in [1.165, 1.54) is 25.2 Å². The van der Waals surface area contributed by atoms with Gasteiger partial charge < -0.3 is 25.4 Å². The molecule has 1 amide bonds. The molecular weight excluding hydrogens is 479 g/mol. The van der Waals surface area contributed by atoms with Crippen LogP contribution in [0, 0.1) is 22.7 Å². The number of carbonyl (C=O) groups excluding carboxylic acids is 1. The minimum Gasteiger partial charge on any atom is -0.539 e. The Morgan fingerprint density at radius 3 is 2.59 bits per heavy atom. The minimum atomic E-state index is -4.96. The van der Waals surface area contributed by atoms with Gasteiger partial charge >= 0.3 is 6.36 Å². The molecule has 0 saturated heterocycles. The largest absolute Gasteiger partial charge is 0.573 e. The second-order valence-electron chi connectivity index (χ2n) is 6.36. The number of amides is 1. The second-order valence-corrected chi connectivity index (χ2v) is 7.33. The summed E-state index contributed by atoms with van der Waals surface area (Å²) in [5.74, 6) is -3.03. The van der Waals surface area contributed by atoms with E-state index in [9.17, 15) is 33.6 Å². The van der Waals surface area contributed by atoms with Gasteiger partial charge in [-0.2, -0.15) is 10.5 Å². The summed E-state index contributed by atoms with van der Waals surface area (Å²) in [6, 6.07) is 8.54. The predicted octanol–water partition coefficient (Wildman–Crippen LogP) is 1.59. The van der Waals surface area contributed by atoms with Crippen LogP contribution in [0.3, 0.4) is 0 Å². The number of nitrogens with zero attached hydrogens (tertiary/aromatic N) is 5. The molecular formula is C19H12F3N7O4S. The SMILES string of the molecule is C[n+]1noc([O-])c1-c1c(C#N)c(N)nc(SCC(=O)Nc2ccccc2OC(F)(F)F)c1C#N. The number of nitriles is 2. The van der Waals surface area contributed by atoms with E-state index >= 15 is 0 Å². The van der Waals surface area contributed by atoms with E-state index in [0.717, 1.165) is 10.7 Å². The highest BCUT2D eigenvalue weighted by atomic mass is 32.2. The van der Waals surface area contributed by atoms with E-state index in [4.69, 9.17) is 5.73 Å². The molecule has 34 heavy (non-hydrogen) atoms. The van der Waals surface area contributed by atoms with Crippen LogP contribution in [0.2, 0.25) is 0 Å². The van der Waals surface area contributed by atoms with Gasteiger partial charge in [0, 0.05) is 0 Å². The molecule has 0 radical (unpaired) electrons.